The summed E-state index contributed by atoms with van der Waals surface area (Å²) in [5.41, 5.74) is 0. The van der Waals surface area contributed by atoms with E-state index in [2.05, 4.69) is 0 Å². The molecule has 0 spiro atoms. The van der Waals surface area contributed by atoms with Gasteiger partial charge in [-0.05, 0) is 0 Å². The van der Waals surface area contributed by atoms with Crippen LogP contribution in [0.1, 0.15) is 0 Å². The van der Waals surface area contributed by atoms with E-state index < -0.39 is 65.9 Å². The van der Waals surface area contributed by atoms with Crippen molar-refractivity contribution in [3.63, 3.8) is 0 Å². The van der Waals surface area contributed by atoms with Crippen molar-refractivity contribution < 1.29 is 44.5 Å². The van der Waals surface area contributed by atoms with Crippen molar-refractivity contribution in [1.82, 2.24) is 0 Å². The third-order valence-electron chi connectivity index (χ3n) is 3.93. The number of hydrogen-bond donors (Lipinski definition) is 5. The van der Waals surface area contributed by atoms with Gasteiger partial charge in [0.15, 0.2) is 12.4 Å². The number of alkyl halides is 3. The van der Waals surface area contributed by atoms with Gasteiger partial charge < -0.3 is 39.7 Å². The largest absolute Gasteiger partial charge is 0.479 e. The van der Waals surface area contributed by atoms with E-state index in [9.17, 15) is 25.2 Å². The fourth-order valence-corrected chi connectivity index (χ4v) is 3.38. The highest BCUT2D eigenvalue weighted by molar-refractivity contribution is 6.23. The summed E-state index contributed by atoms with van der Waals surface area (Å²) in [5, 5.41) is 47.5. The summed E-state index contributed by atoms with van der Waals surface area (Å²) in [6.45, 7) is 0. The Hall–Kier alpha value is 0.0600. The Morgan fingerprint density at radius 1 is 1.12 bits per heavy atom. The molecule has 24 heavy (non-hydrogen) atoms. The molecule has 5 N–H and O–H groups in total. The van der Waals surface area contributed by atoms with Crippen molar-refractivity contribution in [2.45, 2.75) is 54.1 Å². The van der Waals surface area contributed by atoms with E-state index in [0.29, 0.717) is 0 Å². The molecule has 0 unspecified atom stereocenters. The molecule has 2 aliphatic heterocycles. The molecule has 0 aromatic heterocycles. The van der Waals surface area contributed by atoms with Crippen LogP contribution in [0.25, 0.3) is 0 Å². The molecule has 2 saturated heterocycles. The van der Waals surface area contributed by atoms with Gasteiger partial charge in [-0.2, -0.15) is 0 Å². The highest BCUT2D eigenvalue weighted by Gasteiger charge is 2.58. The Morgan fingerprint density at radius 2 is 1.75 bits per heavy atom. The molecule has 0 amide bonds. The van der Waals surface area contributed by atoms with Gasteiger partial charge in [0.05, 0.1) is 17.1 Å². The van der Waals surface area contributed by atoms with Gasteiger partial charge in [0.25, 0.3) is 0 Å². The lowest BCUT2D eigenvalue weighted by atomic mass is 10.0. The second-order valence-corrected chi connectivity index (χ2v) is 6.58. The Kier molecular flexibility index (Phi) is 6.58. The topological polar surface area (TPSA) is 146 Å². The third kappa shape index (κ3) is 3.48. The predicted octanol–water partition coefficient (Wildman–Crippen LogP) is -1.56. The summed E-state index contributed by atoms with van der Waals surface area (Å²) in [7, 11) is 0. The van der Waals surface area contributed by atoms with Crippen molar-refractivity contribution >= 4 is 40.8 Å². The zero-order valence-electron chi connectivity index (χ0n) is 12.0. The number of carbonyl (C=O) groups is 1. The highest BCUT2D eigenvalue weighted by atomic mass is 35.5. The molecule has 0 aliphatic carbocycles. The summed E-state index contributed by atoms with van der Waals surface area (Å²) in [6.07, 6.45) is -10.9. The number of aliphatic hydroxyl groups is 4. The van der Waals surface area contributed by atoms with Crippen LogP contribution in [0.5, 0.6) is 0 Å². The molecule has 0 aromatic carbocycles. The Bertz CT molecular complexity index is 469. The van der Waals surface area contributed by atoms with Gasteiger partial charge in [-0.15, -0.1) is 34.8 Å². The van der Waals surface area contributed by atoms with Crippen molar-refractivity contribution in [1.29, 1.82) is 0 Å². The fraction of sp³-hybridized carbons (Fsp3) is 0.917. The van der Waals surface area contributed by atoms with Crippen LogP contribution in [-0.4, -0.2) is 97.3 Å². The standard InChI is InChI=1S/C12H17Cl3O9/c13-1-3-5(16)9(19)12(2-14,23-3)24-11-7(18)6(17)4(15)8(22-11)10(20)21/h3-9,11,16-19H,1-2H2,(H,20,21)/t3-,4-,5-,6+,7-,8+,9+,11-,12+/m1/s1. The van der Waals surface area contributed by atoms with Crippen LogP contribution < -0.4 is 0 Å². The van der Waals surface area contributed by atoms with E-state index in [1.165, 1.54) is 0 Å². The van der Waals surface area contributed by atoms with Crippen LogP contribution in [0.2, 0.25) is 0 Å². The van der Waals surface area contributed by atoms with Gasteiger partial charge in [-0.1, -0.05) is 0 Å². The number of rotatable bonds is 5. The monoisotopic (exact) mass is 410 g/mol. The maximum absolute atomic E-state index is 11.1. The van der Waals surface area contributed by atoms with Crippen molar-refractivity contribution in [3.05, 3.63) is 0 Å². The molecule has 0 aromatic rings. The van der Waals surface area contributed by atoms with Crippen LogP contribution in [0, 0.1) is 0 Å². The first-order chi connectivity index (χ1) is 11.2. The van der Waals surface area contributed by atoms with Crippen LogP contribution in [-0.2, 0) is 19.0 Å². The molecule has 0 saturated carbocycles. The van der Waals surface area contributed by atoms with Gasteiger partial charge in [-0.3, -0.25) is 0 Å². The second kappa shape index (κ2) is 7.75. The van der Waals surface area contributed by atoms with Crippen LogP contribution >= 0.6 is 34.8 Å². The second-order valence-electron chi connectivity index (χ2n) is 5.50. The summed E-state index contributed by atoms with van der Waals surface area (Å²) in [5.74, 6) is -4.18. The van der Waals surface area contributed by atoms with Gasteiger partial charge in [0.2, 0.25) is 5.79 Å². The molecule has 2 fully saturated rings. The lowest BCUT2D eigenvalue weighted by molar-refractivity contribution is -0.354. The van der Waals surface area contributed by atoms with E-state index in [0.717, 1.165) is 0 Å². The quantitative estimate of drug-likeness (QED) is 0.339. The number of carboxylic acids is 1. The zero-order chi connectivity index (χ0) is 18.2. The molecule has 0 radical (unpaired) electrons. The van der Waals surface area contributed by atoms with Crippen LogP contribution in [0.3, 0.4) is 0 Å². The summed E-state index contributed by atoms with van der Waals surface area (Å²) in [6, 6.07) is 0. The van der Waals surface area contributed by atoms with E-state index in [4.69, 9.17) is 54.1 Å². The predicted molar refractivity (Wildman–Crippen MR) is 80.1 cm³/mol. The minimum Gasteiger partial charge on any atom is -0.479 e. The van der Waals surface area contributed by atoms with Crippen molar-refractivity contribution in [3.8, 4) is 0 Å². The molecule has 12 heteroatoms. The first kappa shape index (κ1) is 20.4. The summed E-state index contributed by atoms with van der Waals surface area (Å²) < 4.78 is 15.7. The molecule has 2 heterocycles. The Balaban J connectivity index is 2.22. The fourth-order valence-electron chi connectivity index (χ4n) is 2.54. The first-order valence-corrected chi connectivity index (χ1v) is 8.41. The number of carboxylic acid groups (broad SMARTS) is 1. The van der Waals surface area contributed by atoms with Gasteiger partial charge in [-0.25, -0.2) is 4.79 Å². The average Bonchev–Trinajstić information content (AvgIpc) is 2.80. The number of hydrogen-bond acceptors (Lipinski definition) is 8. The lowest BCUT2D eigenvalue weighted by Crippen LogP contribution is -2.62. The van der Waals surface area contributed by atoms with Crippen molar-refractivity contribution in [2.24, 2.45) is 0 Å². The molecular formula is C12H17Cl3O9. The third-order valence-corrected chi connectivity index (χ3v) is 5.09. The van der Waals surface area contributed by atoms with E-state index in [1.54, 1.807) is 0 Å². The SMILES string of the molecule is O=C(O)[C@H]1O[C@H](O[C@]2(CCl)O[C@H](CCl)[C@@H](O)[C@@H]2O)[C@H](O)[C@@H](O)[C@H]1Cl. The molecule has 2 rings (SSSR count). The number of aliphatic hydroxyl groups excluding tert-OH is 4. The molecule has 9 atom stereocenters. The minimum atomic E-state index is -2.02. The number of aliphatic carboxylic acids is 1. The molecule has 2 aliphatic rings. The Morgan fingerprint density at radius 3 is 2.21 bits per heavy atom. The van der Waals surface area contributed by atoms with Gasteiger partial charge in [0.1, 0.15) is 30.5 Å². The van der Waals surface area contributed by atoms with E-state index in [-0.39, 0.29) is 5.88 Å². The maximum atomic E-state index is 11.1. The van der Waals surface area contributed by atoms with Crippen LogP contribution in [0.4, 0.5) is 0 Å². The smallest absolute Gasteiger partial charge is 0.334 e. The normalized spacial score (nSPS) is 49.3. The molecule has 140 valence electrons. The maximum Gasteiger partial charge on any atom is 0.334 e. The van der Waals surface area contributed by atoms with Crippen LogP contribution in [0.15, 0.2) is 0 Å². The van der Waals surface area contributed by atoms with Crippen molar-refractivity contribution in [2.75, 3.05) is 11.8 Å². The zero-order valence-corrected chi connectivity index (χ0v) is 14.3. The Labute approximate surface area is 151 Å². The van der Waals surface area contributed by atoms with E-state index in [1.807, 2.05) is 0 Å². The molecular weight excluding hydrogens is 394 g/mol. The minimum absolute atomic E-state index is 0.182. The number of halogens is 3. The van der Waals surface area contributed by atoms with Gasteiger partial charge in [0, 0.05) is 0 Å². The highest BCUT2D eigenvalue weighted by Crippen LogP contribution is 2.38. The molecule has 9 nitrogen and oxygen atoms in total. The summed E-state index contributed by atoms with van der Waals surface area (Å²) in [4.78, 5) is 11.1. The molecule has 0 bridgehead atoms. The average molecular weight is 412 g/mol. The van der Waals surface area contributed by atoms with E-state index >= 15 is 0 Å². The number of ether oxygens (including phenoxy) is 3. The lowest BCUT2D eigenvalue weighted by Gasteiger charge is -2.42. The van der Waals surface area contributed by atoms with Gasteiger partial charge >= 0.3 is 5.97 Å². The first-order valence-electron chi connectivity index (χ1n) is 6.90. The summed E-state index contributed by atoms with van der Waals surface area (Å²) >= 11 is 17.1.